The molecule has 1 aromatic rings. The summed E-state index contributed by atoms with van der Waals surface area (Å²) < 4.78 is 13.4. The van der Waals surface area contributed by atoms with Crippen molar-refractivity contribution in [2.75, 3.05) is 19.6 Å². The lowest BCUT2D eigenvalue weighted by molar-refractivity contribution is -0.124. The maximum atomic E-state index is 13.4. The average Bonchev–Trinajstić information content (AvgIpc) is 2.49. The topological polar surface area (TPSA) is 87.3 Å². The van der Waals surface area contributed by atoms with E-state index in [4.69, 9.17) is 0 Å². The average molecular weight is 309 g/mol. The van der Waals surface area contributed by atoms with E-state index in [0.717, 1.165) is 0 Å². The summed E-state index contributed by atoms with van der Waals surface area (Å²) in [5.41, 5.74) is -0.112. The van der Waals surface area contributed by atoms with Crippen molar-refractivity contribution in [2.45, 2.75) is 13.8 Å². The molecule has 120 valence electrons. The number of carbonyl (C=O) groups excluding carboxylic acids is 3. The Kier molecular flexibility index (Phi) is 7.01. The van der Waals surface area contributed by atoms with Gasteiger partial charge in [-0.1, -0.05) is 26.0 Å². The molecule has 0 spiro atoms. The predicted molar refractivity (Wildman–Crippen MR) is 79.6 cm³/mol. The second kappa shape index (κ2) is 8.76. The van der Waals surface area contributed by atoms with Gasteiger partial charge in [-0.2, -0.15) is 0 Å². The molecule has 3 amide bonds. The number of nitrogens with one attached hydrogen (secondary N) is 3. The lowest BCUT2D eigenvalue weighted by Gasteiger charge is -2.09. The zero-order valence-electron chi connectivity index (χ0n) is 12.6. The maximum absolute atomic E-state index is 13.4. The van der Waals surface area contributed by atoms with E-state index in [9.17, 15) is 18.8 Å². The van der Waals surface area contributed by atoms with Crippen LogP contribution < -0.4 is 16.0 Å². The molecule has 1 rings (SSSR count). The highest BCUT2D eigenvalue weighted by Gasteiger charge is 2.11. The first kappa shape index (κ1) is 17.6. The fraction of sp³-hybridized carbons (Fsp3) is 0.400. The van der Waals surface area contributed by atoms with Gasteiger partial charge >= 0.3 is 0 Å². The van der Waals surface area contributed by atoms with Gasteiger partial charge in [0.1, 0.15) is 5.82 Å². The highest BCUT2D eigenvalue weighted by atomic mass is 19.1. The van der Waals surface area contributed by atoms with Crippen molar-refractivity contribution in [1.29, 1.82) is 0 Å². The second-order valence-electron chi connectivity index (χ2n) is 4.96. The van der Waals surface area contributed by atoms with Crippen LogP contribution in [-0.2, 0) is 9.59 Å². The smallest absolute Gasteiger partial charge is 0.254 e. The van der Waals surface area contributed by atoms with E-state index >= 15 is 0 Å². The van der Waals surface area contributed by atoms with Gasteiger partial charge in [-0.15, -0.1) is 0 Å². The Bertz CT molecular complexity index is 547. The lowest BCUT2D eigenvalue weighted by atomic mass is 10.2. The third kappa shape index (κ3) is 5.90. The number of amides is 3. The van der Waals surface area contributed by atoms with Crippen LogP contribution in [0.2, 0.25) is 0 Å². The highest BCUT2D eigenvalue weighted by molar-refractivity contribution is 5.96. The van der Waals surface area contributed by atoms with E-state index in [1.165, 1.54) is 24.3 Å². The summed E-state index contributed by atoms with van der Waals surface area (Å²) in [7, 11) is 0. The molecule has 0 aliphatic heterocycles. The first-order valence-corrected chi connectivity index (χ1v) is 6.99. The van der Waals surface area contributed by atoms with Crippen LogP contribution >= 0.6 is 0 Å². The summed E-state index contributed by atoms with van der Waals surface area (Å²) >= 11 is 0. The molecule has 0 saturated carbocycles. The van der Waals surface area contributed by atoms with Gasteiger partial charge in [0.2, 0.25) is 11.8 Å². The molecule has 0 aliphatic rings. The van der Waals surface area contributed by atoms with Crippen molar-refractivity contribution < 1.29 is 18.8 Å². The molecule has 0 heterocycles. The zero-order valence-corrected chi connectivity index (χ0v) is 12.6. The van der Waals surface area contributed by atoms with Gasteiger partial charge in [0.25, 0.3) is 5.91 Å². The van der Waals surface area contributed by atoms with Gasteiger partial charge in [-0.25, -0.2) is 4.39 Å². The number of halogens is 1. The summed E-state index contributed by atoms with van der Waals surface area (Å²) in [6.45, 7) is 3.85. The molecule has 6 nitrogen and oxygen atoms in total. The first-order chi connectivity index (χ1) is 10.4. The number of hydrogen-bond donors (Lipinski definition) is 3. The largest absolute Gasteiger partial charge is 0.354 e. The van der Waals surface area contributed by atoms with Gasteiger partial charge in [-0.05, 0) is 12.1 Å². The van der Waals surface area contributed by atoms with Crippen molar-refractivity contribution in [3.63, 3.8) is 0 Å². The molecule has 0 bridgehead atoms. The maximum Gasteiger partial charge on any atom is 0.254 e. The van der Waals surface area contributed by atoms with Gasteiger partial charge in [0, 0.05) is 19.0 Å². The summed E-state index contributed by atoms with van der Waals surface area (Å²) in [6.07, 6.45) is 0. The Labute approximate surface area is 128 Å². The van der Waals surface area contributed by atoms with Crippen molar-refractivity contribution in [1.82, 2.24) is 16.0 Å². The quantitative estimate of drug-likeness (QED) is 0.639. The van der Waals surface area contributed by atoms with E-state index < -0.39 is 17.6 Å². The SMILES string of the molecule is CC(C)C(=O)NCCNC(=O)CNC(=O)c1ccccc1F. The Morgan fingerprint density at radius 3 is 2.32 bits per heavy atom. The van der Waals surface area contributed by atoms with Crippen LogP contribution in [0, 0.1) is 11.7 Å². The van der Waals surface area contributed by atoms with Crippen molar-refractivity contribution in [2.24, 2.45) is 5.92 Å². The van der Waals surface area contributed by atoms with Gasteiger partial charge in [0.15, 0.2) is 0 Å². The minimum Gasteiger partial charge on any atom is -0.354 e. The molecule has 3 N–H and O–H groups in total. The molecule has 0 unspecified atom stereocenters. The molecule has 1 aromatic carbocycles. The fourth-order valence-electron chi connectivity index (χ4n) is 1.56. The molecule has 22 heavy (non-hydrogen) atoms. The molecular weight excluding hydrogens is 289 g/mol. The Hall–Kier alpha value is -2.44. The Morgan fingerprint density at radius 2 is 1.68 bits per heavy atom. The normalized spacial score (nSPS) is 10.2. The minimum absolute atomic E-state index is 0.0953. The van der Waals surface area contributed by atoms with E-state index in [0.29, 0.717) is 6.54 Å². The van der Waals surface area contributed by atoms with Crippen LogP contribution in [0.4, 0.5) is 4.39 Å². The van der Waals surface area contributed by atoms with E-state index in [1.54, 1.807) is 13.8 Å². The Balaban J connectivity index is 2.25. The monoisotopic (exact) mass is 309 g/mol. The molecule has 0 aromatic heterocycles. The van der Waals surface area contributed by atoms with Gasteiger partial charge in [0.05, 0.1) is 12.1 Å². The van der Waals surface area contributed by atoms with Gasteiger partial charge in [-0.3, -0.25) is 14.4 Å². The van der Waals surface area contributed by atoms with Crippen molar-refractivity contribution in [3.05, 3.63) is 35.6 Å². The predicted octanol–water partition coefficient (Wildman–Crippen LogP) is 0.444. The molecule has 0 saturated heterocycles. The lowest BCUT2D eigenvalue weighted by Crippen LogP contribution is -2.41. The number of hydrogen-bond acceptors (Lipinski definition) is 3. The summed E-state index contributed by atoms with van der Waals surface area (Å²) in [4.78, 5) is 34.5. The zero-order chi connectivity index (χ0) is 16.5. The summed E-state index contributed by atoms with van der Waals surface area (Å²) in [5.74, 6) is -1.92. The molecular formula is C15H20FN3O3. The molecule has 7 heteroatoms. The van der Waals surface area contributed by atoms with Crippen LogP contribution in [0.1, 0.15) is 24.2 Å². The van der Waals surface area contributed by atoms with Crippen LogP contribution in [0.25, 0.3) is 0 Å². The first-order valence-electron chi connectivity index (χ1n) is 6.99. The highest BCUT2D eigenvalue weighted by Crippen LogP contribution is 2.05. The third-order valence-corrected chi connectivity index (χ3v) is 2.80. The van der Waals surface area contributed by atoms with Gasteiger partial charge < -0.3 is 16.0 Å². The Morgan fingerprint density at radius 1 is 1.05 bits per heavy atom. The van der Waals surface area contributed by atoms with Crippen molar-refractivity contribution >= 4 is 17.7 Å². The van der Waals surface area contributed by atoms with Crippen molar-refractivity contribution in [3.8, 4) is 0 Å². The molecule has 0 aliphatic carbocycles. The third-order valence-electron chi connectivity index (χ3n) is 2.80. The molecule has 0 fully saturated rings. The number of carbonyl (C=O) groups is 3. The van der Waals surface area contributed by atoms with Crippen LogP contribution in [0.5, 0.6) is 0 Å². The molecule has 0 atom stereocenters. The van der Waals surface area contributed by atoms with E-state index in [-0.39, 0.29) is 30.5 Å². The number of rotatable bonds is 7. The second-order valence-corrected chi connectivity index (χ2v) is 4.96. The minimum atomic E-state index is -0.652. The standard InChI is InChI=1S/C15H20FN3O3/c1-10(2)14(21)18-8-7-17-13(20)9-19-15(22)11-5-3-4-6-12(11)16/h3-6,10H,7-9H2,1-2H3,(H,17,20)(H,18,21)(H,19,22). The fourth-order valence-corrected chi connectivity index (χ4v) is 1.56. The summed E-state index contributed by atoms with van der Waals surface area (Å²) in [5, 5.41) is 7.51. The summed E-state index contributed by atoms with van der Waals surface area (Å²) in [6, 6.07) is 5.52. The van der Waals surface area contributed by atoms with Crippen LogP contribution in [-0.4, -0.2) is 37.4 Å². The number of benzene rings is 1. The van der Waals surface area contributed by atoms with E-state index in [1.807, 2.05) is 0 Å². The van der Waals surface area contributed by atoms with E-state index in [2.05, 4.69) is 16.0 Å². The van der Waals surface area contributed by atoms with Crippen LogP contribution in [0.3, 0.4) is 0 Å². The molecule has 0 radical (unpaired) electrons. The van der Waals surface area contributed by atoms with Crippen LogP contribution in [0.15, 0.2) is 24.3 Å².